The van der Waals surface area contributed by atoms with E-state index in [1.165, 1.54) is 6.42 Å². The first-order valence-corrected chi connectivity index (χ1v) is 8.12. The minimum atomic E-state index is 0.111. The van der Waals surface area contributed by atoms with E-state index >= 15 is 0 Å². The Morgan fingerprint density at radius 1 is 0.688 bits per heavy atom. The fraction of sp³-hybridized carbons (Fsp3) is 1.00. The molecule has 0 aliphatic heterocycles. The Morgan fingerprint density at radius 3 is 1.38 bits per heavy atom. The molecular weight excluding hydrogens is 430 g/mol. The van der Waals surface area contributed by atoms with E-state index in [0.717, 1.165) is 32.1 Å². The number of aliphatic hydroxyl groups is 2. The number of halogens is 2. The van der Waals surface area contributed by atoms with Crippen molar-refractivity contribution in [1.82, 2.24) is 0 Å². The lowest BCUT2D eigenvalue weighted by molar-refractivity contribution is -0.114. The van der Waals surface area contributed by atoms with Crippen LogP contribution in [-0.4, -0.2) is 30.3 Å². The summed E-state index contributed by atoms with van der Waals surface area (Å²) in [6.45, 7) is 0.620. The van der Waals surface area contributed by atoms with Crippen molar-refractivity contribution >= 4 is 45.2 Å². The molecule has 2 N–H and O–H groups in total. The maximum absolute atomic E-state index is 9.78. The highest BCUT2D eigenvalue weighted by Crippen LogP contribution is 2.72. The molecule has 16 heavy (non-hydrogen) atoms. The second kappa shape index (κ2) is 3.48. The molecule has 0 amide bonds. The smallest absolute Gasteiger partial charge is 0.0488 e. The average molecular weight is 448 g/mol. The molecule has 4 saturated carbocycles. The van der Waals surface area contributed by atoms with E-state index in [4.69, 9.17) is 0 Å². The summed E-state index contributed by atoms with van der Waals surface area (Å²) < 4.78 is 0.665. The topological polar surface area (TPSA) is 40.5 Å². The second-order valence-electron chi connectivity index (χ2n) is 6.68. The molecular formula is C12H18I2O2. The van der Waals surface area contributed by atoms with Crippen molar-refractivity contribution in [3.05, 3.63) is 0 Å². The largest absolute Gasteiger partial charge is 0.396 e. The van der Waals surface area contributed by atoms with Gasteiger partial charge in [0.15, 0.2) is 0 Å². The van der Waals surface area contributed by atoms with Crippen molar-refractivity contribution in [2.45, 2.75) is 45.4 Å². The monoisotopic (exact) mass is 448 g/mol. The van der Waals surface area contributed by atoms with Crippen LogP contribution in [0.5, 0.6) is 0 Å². The zero-order valence-electron chi connectivity index (χ0n) is 9.31. The van der Waals surface area contributed by atoms with Crippen molar-refractivity contribution in [1.29, 1.82) is 0 Å². The van der Waals surface area contributed by atoms with Crippen molar-refractivity contribution in [2.75, 3.05) is 13.2 Å². The summed E-state index contributed by atoms with van der Waals surface area (Å²) >= 11 is 5.23. The molecule has 0 atom stereocenters. The van der Waals surface area contributed by atoms with Crippen molar-refractivity contribution in [3.8, 4) is 0 Å². The highest BCUT2D eigenvalue weighted by molar-refractivity contribution is 14.1. The average Bonchev–Trinajstić information content (AvgIpc) is 2.12. The lowest BCUT2D eigenvalue weighted by Gasteiger charge is -2.67. The van der Waals surface area contributed by atoms with Gasteiger partial charge in [0.2, 0.25) is 0 Å². The van der Waals surface area contributed by atoms with Crippen LogP contribution in [0, 0.1) is 10.8 Å². The van der Waals surface area contributed by atoms with Crippen LogP contribution < -0.4 is 0 Å². The number of hydrogen-bond acceptors (Lipinski definition) is 2. The molecule has 4 heteroatoms. The predicted octanol–water partition coefficient (Wildman–Crippen LogP) is 2.67. The summed E-state index contributed by atoms with van der Waals surface area (Å²) in [5.74, 6) is 0. The van der Waals surface area contributed by atoms with Crippen LogP contribution in [0.4, 0.5) is 0 Å². The molecule has 0 unspecified atom stereocenters. The van der Waals surface area contributed by atoms with Gasteiger partial charge >= 0.3 is 0 Å². The van der Waals surface area contributed by atoms with Gasteiger partial charge in [0.05, 0.1) is 0 Å². The summed E-state index contributed by atoms with van der Waals surface area (Å²) in [5.41, 5.74) is 0.222. The molecule has 0 aromatic rings. The highest BCUT2D eigenvalue weighted by atomic mass is 127. The van der Waals surface area contributed by atoms with E-state index in [9.17, 15) is 10.2 Å². The van der Waals surface area contributed by atoms with E-state index in [0.29, 0.717) is 20.1 Å². The lowest BCUT2D eigenvalue weighted by atomic mass is 9.44. The summed E-state index contributed by atoms with van der Waals surface area (Å²) in [7, 11) is 0. The van der Waals surface area contributed by atoms with Gasteiger partial charge in [-0.05, 0) is 49.4 Å². The van der Waals surface area contributed by atoms with Crippen molar-refractivity contribution < 1.29 is 10.2 Å². The van der Waals surface area contributed by atoms with Crippen LogP contribution in [0.3, 0.4) is 0 Å². The lowest BCUT2D eigenvalue weighted by Crippen LogP contribution is -2.64. The normalized spacial score (nSPS) is 59.2. The second-order valence-corrected chi connectivity index (χ2v) is 11.3. The molecule has 0 heterocycles. The molecule has 0 aromatic carbocycles. The van der Waals surface area contributed by atoms with Crippen molar-refractivity contribution in [2.24, 2.45) is 10.8 Å². The Kier molecular flexibility index (Phi) is 2.70. The van der Waals surface area contributed by atoms with Gasteiger partial charge in [0.25, 0.3) is 0 Å². The summed E-state index contributed by atoms with van der Waals surface area (Å²) in [6, 6.07) is 0. The van der Waals surface area contributed by atoms with Crippen LogP contribution >= 0.6 is 45.2 Å². The van der Waals surface area contributed by atoms with Crippen molar-refractivity contribution in [3.63, 3.8) is 0 Å². The van der Waals surface area contributed by atoms with E-state index < -0.39 is 0 Å². The number of hydrogen-bond donors (Lipinski definition) is 2. The number of alkyl halides is 2. The Hall–Kier alpha value is 1.38. The van der Waals surface area contributed by atoms with Crippen LogP contribution in [0.1, 0.15) is 38.5 Å². The quantitative estimate of drug-likeness (QED) is 0.504. The molecule has 4 aliphatic carbocycles. The Bertz CT molecular complexity index is 287. The van der Waals surface area contributed by atoms with E-state index in [1.807, 2.05) is 0 Å². The first-order chi connectivity index (χ1) is 7.36. The Labute approximate surface area is 124 Å². The van der Waals surface area contributed by atoms with Crippen LogP contribution in [0.15, 0.2) is 0 Å². The van der Waals surface area contributed by atoms with Crippen LogP contribution in [0.25, 0.3) is 0 Å². The molecule has 0 radical (unpaired) electrons. The maximum Gasteiger partial charge on any atom is 0.0488 e. The predicted molar refractivity (Wildman–Crippen MR) is 80.2 cm³/mol. The first-order valence-electron chi connectivity index (χ1n) is 5.96. The Balaban J connectivity index is 2.06. The molecule has 0 aromatic heterocycles. The minimum absolute atomic E-state index is 0.111. The van der Waals surface area contributed by atoms with Crippen LogP contribution in [0.2, 0.25) is 0 Å². The Morgan fingerprint density at radius 2 is 1.06 bits per heavy atom. The van der Waals surface area contributed by atoms with E-state index in [2.05, 4.69) is 45.2 Å². The van der Waals surface area contributed by atoms with Gasteiger partial charge in [-0.25, -0.2) is 0 Å². The third-order valence-electron chi connectivity index (χ3n) is 4.82. The molecule has 4 fully saturated rings. The van der Waals surface area contributed by atoms with Gasteiger partial charge in [0.1, 0.15) is 0 Å². The van der Waals surface area contributed by atoms with E-state index in [1.54, 1.807) is 0 Å². The highest BCUT2D eigenvalue weighted by Gasteiger charge is 2.66. The molecule has 0 saturated heterocycles. The summed E-state index contributed by atoms with van der Waals surface area (Å²) in [5, 5.41) is 19.6. The van der Waals surface area contributed by atoms with Gasteiger partial charge in [-0.2, -0.15) is 0 Å². The molecule has 4 rings (SSSR count). The van der Waals surface area contributed by atoms with Gasteiger partial charge in [0, 0.05) is 20.1 Å². The molecule has 2 nitrogen and oxygen atoms in total. The van der Waals surface area contributed by atoms with E-state index in [-0.39, 0.29) is 10.8 Å². The molecule has 0 spiro atoms. The molecule has 4 aliphatic rings. The third kappa shape index (κ3) is 1.69. The summed E-state index contributed by atoms with van der Waals surface area (Å²) in [4.78, 5) is 0. The fourth-order valence-corrected chi connectivity index (χ4v) is 10.6. The molecule has 4 bridgehead atoms. The van der Waals surface area contributed by atoms with Gasteiger partial charge in [-0.3, -0.25) is 0 Å². The van der Waals surface area contributed by atoms with Gasteiger partial charge in [-0.1, -0.05) is 45.2 Å². The van der Waals surface area contributed by atoms with Crippen LogP contribution in [-0.2, 0) is 0 Å². The third-order valence-corrected chi connectivity index (χ3v) is 7.11. The zero-order chi connectivity index (χ0) is 11.7. The maximum atomic E-state index is 9.78. The number of aliphatic hydroxyl groups excluding tert-OH is 2. The van der Waals surface area contributed by atoms with Gasteiger partial charge < -0.3 is 10.2 Å². The fourth-order valence-electron chi connectivity index (χ4n) is 5.14. The minimum Gasteiger partial charge on any atom is -0.396 e. The van der Waals surface area contributed by atoms with Gasteiger partial charge in [-0.15, -0.1) is 0 Å². The SMILES string of the molecule is OCC12CC3(I)CC(I)(C1)CC(CO)(C3)C2. The standard InChI is InChI=1S/C12H18I2O2/c13-11-2-9(7-15)1-10(4-11,8-16)5-12(14,3-9)6-11/h15-16H,1-8H2. The molecule has 92 valence electrons. The zero-order valence-corrected chi connectivity index (χ0v) is 13.6. The first kappa shape index (κ1) is 12.4. The summed E-state index contributed by atoms with van der Waals surface area (Å²) in [6.07, 6.45) is 6.94. The number of rotatable bonds is 2.